The highest BCUT2D eigenvalue weighted by Gasteiger charge is 2.18. The number of rotatable bonds is 4. The van der Waals surface area contributed by atoms with Crippen LogP contribution in [-0.2, 0) is 11.8 Å². The molecule has 0 spiro atoms. The molecule has 0 amide bonds. The predicted octanol–water partition coefficient (Wildman–Crippen LogP) is 4.02. The normalized spacial score (nSPS) is 19.0. The molecule has 112 valence electrons. The highest BCUT2D eigenvalue weighted by Crippen LogP contribution is 2.25. The zero-order valence-electron chi connectivity index (χ0n) is 12.9. The Hall–Kier alpha value is -1.61. The number of aryl methyl sites for hydroxylation is 2. The molecule has 0 saturated carbocycles. The Morgan fingerprint density at radius 3 is 3.00 bits per heavy atom. The van der Waals surface area contributed by atoms with Crippen LogP contribution in [-0.4, -0.2) is 23.1 Å². The number of ether oxygens (including phenoxy) is 1. The predicted molar refractivity (Wildman–Crippen MR) is 84.8 cm³/mol. The van der Waals surface area contributed by atoms with Crippen LogP contribution in [0.25, 0.3) is 10.9 Å². The van der Waals surface area contributed by atoms with Gasteiger partial charge in [-0.2, -0.15) is 0 Å². The fourth-order valence-electron chi connectivity index (χ4n) is 3.18. The first-order valence-electron chi connectivity index (χ1n) is 7.85. The lowest BCUT2D eigenvalue weighted by Crippen LogP contribution is -2.19. The quantitative estimate of drug-likeness (QED) is 0.794. The van der Waals surface area contributed by atoms with Crippen LogP contribution in [0.15, 0.2) is 24.4 Å². The minimum absolute atomic E-state index is 0.235. The van der Waals surface area contributed by atoms with E-state index in [0.29, 0.717) is 6.42 Å². The van der Waals surface area contributed by atoms with Gasteiger partial charge in [-0.15, -0.1) is 0 Å². The first-order valence-corrected chi connectivity index (χ1v) is 7.85. The van der Waals surface area contributed by atoms with Gasteiger partial charge in [0.15, 0.2) is 5.78 Å². The molecule has 1 aliphatic heterocycles. The summed E-state index contributed by atoms with van der Waals surface area (Å²) < 4.78 is 7.76. The summed E-state index contributed by atoms with van der Waals surface area (Å²) in [5.74, 6) is 0.235. The summed E-state index contributed by atoms with van der Waals surface area (Å²) in [6.07, 6.45) is 7.16. The Morgan fingerprint density at radius 2 is 2.24 bits per heavy atom. The lowest BCUT2D eigenvalue weighted by molar-refractivity contribution is 0.0104. The van der Waals surface area contributed by atoms with Crippen molar-refractivity contribution < 1.29 is 9.53 Å². The van der Waals surface area contributed by atoms with Gasteiger partial charge in [0.2, 0.25) is 0 Å². The summed E-state index contributed by atoms with van der Waals surface area (Å²) >= 11 is 0. The molecule has 0 bridgehead atoms. The Bertz CT molecular complexity index is 651. The number of aromatic nitrogens is 1. The number of fused-ring (bicyclic) bond motifs is 1. The van der Waals surface area contributed by atoms with E-state index in [2.05, 4.69) is 25.1 Å². The maximum atomic E-state index is 12.5. The molecule has 1 aliphatic rings. The number of carbonyl (C=O) groups excluding carboxylic acids is 1. The number of ketones is 1. The van der Waals surface area contributed by atoms with Crippen LogP contribution in [0.2, 0.25) is 0 Å². The molecule has 3 nitrogen and oxygen atoms in total. The average molecular weight is 285 g/mol. The molecule has 1 aromatic carbocycles. The number of Topliss-reactive ketones (excluding diaryl/α,β-unsaturated/α-hetero) is 1. The van der Waals surface area contributed by atoms with Crippen LogP contribution < -0.4 is 0 Å². The van der Waals surface area contributed by atoms with E-state index in [-0.39, 0.29) is 11.9 Å². The first kappa shape index (κ1) is 14.3. The Balaban J connectivity index is 1.75. The second-order valence-corrected chi connectivity index (χ2v) is 6.12. The van der Waals surface area contributed by atoms with Crippen molar-refractivity contribution in [3.8, 4) is 0 Å². The van der Waals surface area contributed by atoms with Gasteiger partial charge in [-0.1, -0.05) is 12.1 Å². The number of hydrogen-bond donors (Lipinski definition) is 0. The fraction of sp³-hybridized carbons (Fsp3) is 0.500. The van der Waals surface area contributed by atoms with Gasteiger partial charge in [-0.05, 0) is 44.2 Å². The second kappa shape index (κ2) is 6.02. The molecule has 0 radical (unpaired) electrons. The molecule has 0 aliphatic carbocycles. The third-order valence-corrected chi connectivity index (χ3v) is 4.41. The van der Waals surface area contributed by atoms with Crippen molar-refractivity contribution in [3.05, 3.63) is 35.5 Å². The Morgan fingerprint density at radius 1 is 1.38 bits per heavy atom. The minimum Gasteiger partial charge on any atom is -0.378 e. The van der Waals surface area contributed by atoms with Crippen molar-refractivity contribution in [1.29, 1.82) is 0 Å². The molecule has 3 heteroatoms. The molecule has 1 fully saturated rings. The number of carbonyl (C=O) groups is 1. The van der Waals surface area contributed by atoms with Crippen molar-refractivity contribution in [3.63, 3.8) is 0 Å². The van der Waals surface area contributed by atoms with E-state index < -0.39 is 0 Å². The summed E-state index contributed by atoms with van der Waals surface area (Å²) in [6.45, 7) is 2.93. The molecule has 0 N–H and O–H groups in total. The molecule has 2 heterocycles. The van der Waals surface area contributed by atoms with Crippen LogP contribution in [0.5, 0.6) is 0 Å². The first-order chi connectivity index (χ1) is 10.1. The van der Waals surface area contributed by atoms with Gasteiger partial charge in [0.1, 0.15) is 0 Å². The maximum Gasteiger partial charge on any atom is 0.165 e. The maximum absolute atomic E-state index is 12.5. The highest BCUT2D eigenvalue weighted by molar-refractivity contribution is 6.08. The Kier molecular flexibility index (Phi) is 4.11. The summed E-state index contributed by atoms with van der Waals surface area (Å²) in [7, 11) is 2.00. The zero-order valence-corrected chi connectivity index (χ0v) is 12.9. The third kappa shape index (κ3) is 3.03. The van der Waals surface area contributed by atoms with Crippen LogP contribution in [0, 0.1) is 6.92 Å². The fourth-order valence-corrected chi connectivity index (χ4v) is 3.18. The zero-order chi connectivity index (χ0) is 14.8. The van der Waals surface area contributed by atoms with E-state index >= 15 is 0 Å². The van der Waals surface area contributed by atoms with Crippen LogP contribution >= 0.6 is 0 Å². The molecule has 1 aromatic heterocycles. The minimum atomic E-state index is 0.235. The largest absolute Gasteiger partial charge is 0.378 e. The van der Waals surface area contributed by atoms with E-state index in [1.54, 1.807) is 0 Å². The molecule has 2 aromatic rings. The van der Waals surface area contributed by atoms with Gasteiger partial charge in [0.05, 0.1) is 6.10 Å². The molecule has 21 heavy (non-hydrogen) atoms. The number of hydrogen-bond acceptors (Lipinski definition) is 2. The molecule has 1 saturated heterocycles. The van der Waals surface area contributed by atoms with Gasteiger partial charge in [0, 0.05) is 42.7 Å². The van der Waals surface area contributed by atoms with Gasteiger partial charge in [-0.25, -0.2) is 0 Å². The van der Waals surface area contributed by atoms with E-state index in [1.807, 2.05) is 17.8 Å². The lowest BCUT2D eigenvalue weighted by atomic mass is 10.00. The second-order valence-electron chi connectivity index (χ2n) is 6.12. The number of benzene rings is 1. The van der Waals surface area contributed by atoms with Crippen LogP contribution in [0.4, 0.5) is 0 Å². The SMILES string of the molecule is Cc1ccc2c(C(=O)CCC3CCCCO3)cn(C)c2c1. The average Bonchev–Trinajstić information content (AvgIpc) is 2.83. The standard InChI is InChI=1S/C18H23NO2/c1-13-6-8-15-16(12-19(2)17(15)11-13)18(20)9-7-14-5-3-4-10-21-14/h6,8,11-12,14H,3-5,7,9-10H2,1-2H3. The summed E-state index contributed by atoms with van der Waals surface area (Å²) in [5.41, 5.74) is 3.20. The summed E-state index contributed by atoms with van der Waals surface area (Å²) in [5, 5.41) is 1.07. The van der Waals surface area contributed by atoms with E-state index in [1.165, 1.54) is 12.0 Å². The van der Waals surface area contributed by atoms with Crippen LogP contribution in [0.3, 0.4) is 0 Å². The van der Waals surface area contributed by atoms with Crippen molar-refractivity contribution in [2.45, 2.75) is 45.1 Å². The van der Waals surface area contributed by atoms with Crippen molar-refractivity contribution in [2.24, 2.45) is 7.05 Å². The topological polar surface area (TPSA) is 31.2 Å². The van der Waals surface area contributed by atoms with Gasteiger partial charge in [0.25, 0.3) is 0 Å². The van der Waals surface area contributed by atoms with Gasteiger partial charge >= 0.3 is 0 Å². The smallest absolute Gasteiger partial charge is 0.165 e. The van der Waals surface area contributed by atoms with Crippen molar-refractivity contribution >= 4 is 16.7 Å². The highest BCUT2D eigenvalue weighted by atomic mass is 16.5. The molecular formula is C18H23NO2. The van der Waals surface area contributed by atoms with Crippen molar-refractivity contribution in [2.75, 3.05) is 6.61 Å². The summed E-state index contributed by atoms with van der Waals surface area (Å²) in [4.78, 5) is 12.5. The van der Waals surface area contributed by atoms with E-state index in [0.717, 1.165) is 42.3 Å². The van der Waals surface area contributed by atoms with Gasteiger partial charge in [-0.3, -0.25) is 4.79 Å². The molecule has 1 unspecified atom stereocenters. The van der Waals surface area contributed by atoms with Crippen molar-refractivity contribution in [1.82, 2.24) is 4.57 Å². The van der Waals surface area contributed by atoms with Crippen LogP contribution in [0.1, 0.15) is 48.0 Å². The molecule has 3 rings (SSSR count). The number of nitrogens with zero attached hydrogens (tertiary/aromatic N) is 1. The lowest BCUT2D eigenvalue weighted by Gasteiger charge is -2.22. The monoisotopic (exact) mass is 285 g/mol. The summed E-state index contributed by atoms with van der Waals surface area (Å²) in [6, 6.07) is 6.27. The molecular weight excluding hydrogens is 262 g/mol. The third-order valence-electron chi connectivity index (χ3n) is 4.41. The van der Waals surface area contributed by atoms with E-state index in [9.17, 15) is 4.79 Å². The van der Waals surface area contributed by atoms with E-state index in [4.69, 9.17) is 4.74 Å². The molecule has 1 atom stereocenters. The van der Waals surface area contributed by atoms with Gasteiger partial charge < -0.3 is 9.30 Å². The Labute approximate surface area is 125 Å².